The maximum atomic E-state index is 13.5. The Morgan fingerprint density at radius 2 is 1.93 bits per heavy atom. The lowest BCUT2D eigenvalue weighted by molar-refractivity contribution is 0.488. The fourth-order valence-electron chi connectivity index (χ4n) is 3.36. The maximum absolute atomic E-state index is 13.5. The number of hydrogen-bond donors (Lipinski definition) is 1. The second-order valence-electron chi connectivity index (χ2n) is 5.02. The fraction of sp³-hybridized carbons (Fsp3) is 0.538. The van der Waals surface area contributed by atoms with Crippen LogP contribution in [0.3, 0.4) is 0 Å². The number of nitrogens with two attached hydrogens (primary N) is 1. The van der Waals surface area contributed by atoms with E-state index in [0.717, 1.165) is 12.0 Å². The lowest BCUT2D eigenvalue weighted by atomic mass is 9.97. The molecular formula is C13H16FN. The predicted octanol–water partition coefficient (Wildman–Crippen LogP) is 2.50. The molecule has 0 heterocycles. The summed E-state index contributed by atoms with van der Waals surface area (Å²) < 4.78 is 13.5. The molecule has 80 valence electrons. The van der Waals surface area contributed by atoms with Gasteiger partial charge in [0.25, 0.3) is 0 Å². The van der Waals surface area contributed by atoms with E-state index in [1.807, 2.05) is 12.1 Å². The number of hydrogen-bond acceptors (Lipinski definition) is 1. The molecule has 0 radical (unpaired) electrons. The van der Waals surface area contributed by atoms with Gasteiger partial charge < -0.3 is 5.73 Å². The van der Waals surface area contributed by atoms with E-state index in [1.54, 1.807) is 6.07 Å². The van der Waals surface area contributed by atoms with E-state index in [-0.39, 0.29) is 11.4 Å². The molecule has 2 heteroatoms. The molecule has 0 aromatic heterocycles. The average molecular weight is 205 g/mol. The van der Waals surface area contributed by atoms with Crippen molar-refractivity contribution in [3.63, 3.8) is 0 Å². The summed E-state index contributed by atoms with van der Waals surface area (Å²) in [5.74, 6) is 1.22. The van der Waals surface area contributed by atoms with E-state index in [0.29, 0.717) is 11.8 Å². The number of halogens is 1. The topological polar surface area (TPSA) is 26.0 Å². The van der Waals surface area contributed by atoms with Crippen molar-refractivity contribution in [3.8, 4) is 0 Å². The summed E-state index contributed by atoms with van der Waals surface area (Å²) in [6, 6.07) is 7.00. The molecule has 1 aromatic carbocycles. The lowest BCUT2D eigenvalue weighted by Crippen LogP contribution is -2.31. The molecule has 2 atom stereocenters. The molecule has 2 saturated carbocycles. The van der Waals surface area contributed by atoms with Crippen molar-refractivity contribution in [3.05, 3.63) is 35.6 Å². The molecule has 2 N–H and O–H groups in total. The van der Waals surface area contributed by atoms with Crippen molar-refractivity contribution in [2.24, 2.45) is 17.6 Å². The van der Waals surface area contributed by atoms with Crippen LogP contribution in [0, 0.1) is 17.7 Å². The Kier molecular flexibility index (Phi) is 1.90. The van der Waals surface area contributed by atoms with Crippen molar-refractivity contribution < 1.29 is 4.39 Å². The SMILES string of the molecule is NC1(Cc2ccccc2F)C2CCCC21. The van der Waals surface area contributed by atoms with Gasteiger partial charge in [-0.3, -0.25) is 0 Å². The first-order chi connectivity index (χ1) is 7.22. The lowest BCUT2D eigenvalue weighted by Gasteiger charge is -2.15. The summed E-state index contributed by atoms with van der Waals surface area (Å²) in [6.07, 6.45) is 4.52. The minimum Gasteiger partial charge on any atom is -0.324 e. The van der Waals surface area contributed by atoms with Gasteiger partial charge in [-0.2, -0.15) is 0 Å². The zero-order valence-electron chi connectivity index (χ0n) is 8.75. The summed E-state index contributed by atoms with van der Waals surface area (Å²) in [6.45, 7) is 0. The smallest absolute Gasteiger partial charge is 0.126 e. The molecule has 15 heavy (non-hydrogen) atoms. The molecule has 0 bridgehead atoms. The van der Waals surface area contributed by atoms with Crippen LogP contribution in [-0.2, 0) is 6.42 Å². The van der Waals surface area contributed by atoms with Crippen LogP contribution in [0.15, 0.2) is 24.3 Å². The molecule has 2 unspecified atom stereocenters. The highest BCUT2D eigenvalue weighted by molar-refractivity contribution is 5.28. The molecule has 2 fully saturated rings. The quantitative estimate of drug-likeness (QED) is 0.788. The van der Waals surface area contributed by atoms with Gasteiger partial charge in [-0.15, -0.1) is 0 Å². The van der Waals surface area contributed by atoms with Crippen LogP contribution in [0.25, 0.3) is 0 Å². The Hall–Kier alpha value is -0.890. The van der Waals surface area contributed by atoms with Gasteiger partial charge >= 0.3 is 0 Å². The Balaban J connectivity index is 1.79. The molecule has 2 aliphatic carbocycles. The Bertz CT molecular complexity index is 378. The van der Waals surface area contributed by atoms with E-state index in [2.05, 4.69) is 0 Å². The normalized spacial score (nSPS) is 37.7. The van der Waals surface area contributed by atoms with E-state index in [4.69, 9.17) is 5.73 Å². The van der Waals surface area contributed by atoms with E-state index in [9.17, 15) is 4.39 Å². The molecule has 0 amide bonds. The van der Waals surface area contributed by atoms with Crippen molar-refractivity contribution in [2.45, 2.75) is 31.2 Å². The monoisotopic (exact) mass is 205 g/mol. The maximum Gasteiger partial charge on any atom is 0.126 e. The third-order valence-corrected chi connectivity index (χ3v) is 4.24. The van der Waals surface area contributed by atoms with Gasteiger partial charge in [0.1, 0.15) is 5.82 Å². The molecule has 0 aliphatic heterocycles. The highest BCUT2D eigenvalue weighted by Crippen LogP contribution is 2.60. The second kappa shape index (κ2) is 3.05. The van der Waals surface area contributed by atoms with Crippen molar-refractivity contribution in [1.82, 2.24) is 0 Å². The van der Waals surface area contributed by atoms with Crippen molar-refractivity contribution in [1.29, 1.82) is 0 Å². The summed E-state index contributed by atoms with van der Waals surface area (Å²) in [4.78, 5) is 0. The Labute approximate surface area is 89.5 Å². The third-order valence-electron chi connectivity index (χ3n) is 4.24. The first-order valence-corrected chi connectivity index (χ1v) is 5.74. The standard InChI is InChI=1S/C13H16FN/c14-12-7-2-1-4-9(12)8-13(15)10-5-3-6-11(10)13/h1-2,4,7,10-11H,3,5-6,8,15H2. The molecular weight excluding hydrogens is 189 g/mol. The highest BCUT2D eigenvalue weighted by atomic mass is 19.1. The number of fused-ring (bicyclic) bond motifs is 1. The summed E-state index contributed by atoms with van der Waals surface area (Å²) >= 11 is 0. The molecule has 3 rings (SSSR count). The molecule has 0 spiro atoms. The van der Waals surface area contributed by atoms with E-state index in [1.165, 1.54) is 25.3 Å². The largest absolute Gasteiger partial charge is 0.324 e. The van der Waals surface area contributed by atoms with E-state index < -0.39 is 0 Å². The molecule has 1 nitrogen and oxygen atoms in total. The fourth-order valence-corrected chi connectivity index (χ4v) is 3.36. The van der Waals surface area contributed by atoms with Crippen LogP contribution in [0.4, 0.5) is 4.39 Å². The first kappa shape index (κ1) is 9.34. The van der Waals surface area contributed by atoms with Crippen LogP contribution >= 0.6 is 0 Å². The summed E-state index contributed by atoms with van der Waals surface area (Å²) in [7, 11) is 0. The number of rotatable bonds is 2. The Morgan fingerprint density at radius 3 is 2.60 bits per heavy atom. The minimum atomic E-state index is -0.104. The molecule has 0 saturated heterocycles. The third kappa shape index (κ3) is 1.31. The van der Waals surface area contributed by atoms with Crippen LogP contribution in [-0.4, -0.2) is 5.54 Å². The minimum absolute atomic E-state index is 0.0829. The molecule has 1 aromatic rings. The average Bonchev–Trinajstić information content (AvgIpc) is 2.67. The van der Waals surface area contributed by atoms with E-state index >= 15 is 0 Å². The highest BCUT2D eigenvalue weighted by Gasteiger charge is 2.63. The van der Waals surface area contributed by atoms with Crippen molar-refractivity contribution in [2.75, 3.05) is 0 Å². The van der Waals surface area contributed by atoms with Crippen LogP contribution in [0.2, 0.25) is 0 Å². The predicted molar refractivity (Wildman–Crippen MR) is 57.9 cm³/mol. The van der Waals surface area contributed by atoms with Gasteiger partial charge in [0, 0.05) is 5.54 Å². The van der Waals surface area contributed by atoms with Crippen molar-refractivity contribution >= 4 is 0 Å². The van der Waals surface area contributed by atoms with Gasteiger partial charge in [0.15, 0.2) is 0 Å². The van der Waals surface area contributed by atoms with Crippen LogP contribution in [0.5, 0.6) is 0 Å². The summed E-state index contributed by atoms with van der Waals surface area (Å²) in [5.41, 5.74) is 7.03. The van der Waals surface area contributed by atoms with Gasteiger partial charge in [0.05, 0.1) is 0 Å². The van der Waals surface area contributed by atoms with Gasteiger partial charge in [-0.25, -0.2) is 4.39 Å². The zero-order valence-corrected chi connectivity index (χ0v) is 8.75. The second-order valence-corrected chi connectivity index (χ2v) is 5.02. The Morgan fingerprint density at radius 1 is 1.27 bits per heavy atom. The first-order valence-electron chi connectivity index (χ1n) is 5.74. The summed E-state index contributed by atoms with van der Waals surface area (Å²) in [5, 5.41) is 0. The van der Waals surface area contributed by atoms with Gasteiger partial charge in [-0.05, 0) is 42.7 Å². The van der Waals surface area contributed by atoms with Crippen LogP contribution < -0.4 is 5.73 Å². The van der Waals surface area contributed by atoms with Crippen LogP contribution in [0.1, 0.15) is 24.8 Å². The zero-order chi connectivity index (χ0) is 10.5. The number of benzene rings is 1. The van der Waals surface area contributed by atoms with Gasteiger partial charge in [0.2, 0.25) is 0 Å². The molecule has 2 aliphatic rings. The van der Waals surface area contributed by atoms with Gasteiger partial charge in [-0.1, -0.05) is 24.6 Å².